The summed E-state index contributed by atoms with van der Waals surface area (Å²) in [7, 11) is -0.906. The second-order valence-corrected chi connectivity index (χ2v) is 8.14. The molecule has 0 amide bonds. The van der Waals surface area contributed by atoms with Gasteiger partial charge in [0.05, 0.1) is 8.07 Å². The number of hydrogen-bond donors (Lipinski definition) is 0. The lowest BCUT2D eigenvalue weighted by atomic mass is 10.8. The van der Waals surface area contributed by atoms with Crippen molar-refractivity contribution in [1.82, 2.24) is 0 Å². The van der Waals surface area contributed by atoms with Crippen LogP contribution in [-0.4, -0.2) is 8.07 Å². The van der Waals surface area contributed by atoms with Gasteiger partial charge in [0.2, 0.25) is 0 Å². The average Bonchev–Trinajstić information content (AvgIpc) is 1.67. The van der Waals surface area contributed by atoms with Gasteiger partial charge >= 0.3 is 0 Å². The molecule has 0 bridgehead atoms. The minimum atomic E-state index is -0.906. The second kappa shape index (κ2) is 3.08. The Morgan fingerprint density at radius 3 is 2.12 bits per heavy atom. The van der Waals surface area contributed by atoms with Crippen molar-refractivity contribution in [2.24, 2.45) is 0 Å². The fourth-order valence-corrected chi connectivity index (χ4v) is 1.48. The van der Waals surface area contributed by atoms with Crippen molar-refractivity contribution in [3.63, 3.8) is 0 Å². The Hall–Kier alpha value is -0.0431. The SMILES string of the molecule is [CH2]C[Si](C)(C)CC=C. The first kappa shape index (κ1) is 7.96. The standard InChI is InChI=1S/C7H15Si/c1-5-7-8(3,4)6-2/h5H,1-2,6-7H2,3-4H3. The van der Waals surface area contributed by atoms with Gasteiger partial charge in [-0.2, -0.15) is 0 Å². The molecule has 0 saturated heterocycles. The molecule has 47 valence electrons. The zero-order valence-corrected chi connectivity index (χ0v) is 6.91. The maximum atomic E-state index is 3.89. The third kappa shape index (κ3) is 3.02. The Kier molecular flexibility index (Phi) is 3.06. The highest BCUT2D eigenvalue weighted by molar-refractivity contribution is 6.77. The van der Waals surface area contributed by atoms with Crippen LogP contribution in [0.2, 0.25) is 25.2 Å². The normalized spacial score (nSPS) is 11.4. The molecule has 0 unspecified atom stereocenters. The third-order valence-electron chi connectivity index (χ3n) is 1.37. The molecule has 0 N–H and O–H groups in total. The van der Waals surface area contributed by atoms with Gasteiger partial charge in [0.15, 0.2) is 0 Å². The Morgan fingerprint density at radius 2 is 2.00 bits per heavy atom. The van der Waals surface area contributed by atoms with Crippen molar-refractivity contribution in [2.75, 3.05) is 0 Å². The molecule has 0 fully saturated rings. The maximum absolute atomic E-state index is 3.89. The van der Waals surface area contributed by atoms with Crippen LogP contribution in [0.3, 0.4) is 0 Å². The quantitative estimate of drug-likeness (QED) is 0.404. The predicted octanol–water partition coefficient (Wildman–Crippen LogP) is 2.71. The molecule has 0 aromatic carbocycles. The minimum absolute atomic E-state index is 0.906. The van der Waals surface area contributed by atoms with E-state index >= 15 is 0 Å². The molecule has 0 rings (SSSR count). The molecule has 0 saturated carbocycles. The zero-order valence-electron chi connectivity index (χ0n) is 5.91. The van der Waals surface area contributed by atoms with Gasteiger partial charge in [0, 0.05) is 0 Å². The van der Waals surface area contributed by atoms with Crippen LogP contribution in [0.1, 0.15) is 0 Å². The summed E-state index contributed by atoms with van der Waals surface area (Å²) in [5.41, 5.74) is 0. The Bertz CT molecular complexity index is 74.5. The van der Waals surface area contributed by atoms with Crippen LogP contribution in [0.25, 0.3) is 0 Å². The first-order valence-corrected chi connectivity index (χ1v) is 6.44. The van der Waals surface area contributed by atoms with Crippen molar-refractivity contribution in [1.29, 1.82) is 0 Å². The zero-order chi connectivity index (χ0) is 6.62. The van der Waals surface area contributed by atoms with Crippen molar-refractivity contribution in [3.8, 4) is 0 Å². The maximum Gasteiger partial charge on any atom is 0.0511 e. The lowest BCUT2D eigenvalue weighted by Crippen LogP contribution is -2.21. The highest BCUT2D eigenvalue weighted by atomic mass is 28.3. The summed E-state index contributed by atoms with van der Waals surface area (Å²) in [6, 6.07) is 2.33. The molecular formula is C7H15Si. The van der Waals surface area contributed by atoms with Gasteiger partial charge in [-0.15, -0.1) is 6.58 Å². The Morgan fingerprint density at radius 1 is 1.50 bits per heavy atom. The molecule has 1 heteroatoms. The Balaban J connectivity index is 3.53. The van der Waals surface area contributed by atoms with Gasteiger partial charge in [0.1, 0.15) is 0 Å². The van der Waals surface area contributed by atoms with Crippen LogP contribution in [-0.2, 0) is 0 Å². The number of rotatable bonds is 3. The monoisotopic (exact) mass is 127 g/mol. The molecule has 8 heavy (non-hydrogen) atoms. The third-order valence-corrected chi connectivity index (χ3v) is 4.12. The van der Waals surface area contributed by atoms with Gasteiger partial charge in [0.25, 0.3) is 0 Å². The molecule has 0 aliphatic rings. The van der Waals surface area contributed by atoms with Crippen LogP contribution in [0.5, 0.6) is 0 Å². The summed E-state index contributed by atoms with van der Waals surface area (Å²) in [6.45, 7) is 12.3. The summed E-state index contributed by atoms with van der Waals surface area (Å²) in [5, 5.41) is 0. The van der Waals surface area contributed by atoms with Crippen LogP contribution in [0.4, 0.5) is 0 Å². The van der Waals surface area contributed by atoms with E-state index in [2.05, 4.69) is 26.6 Å². The molecule has 0 aliphatic carbocycles. The van der Waals surface area contributed by atoms with E-state index in [0.717, 1.165) is 6.04 Å². The number of allylic oxidation sites excluding steroid dienone is 1. The highest BCUT2D eigenvalue weighted by Crippen LogP contribution is 2.13. The molecule has 1 radical (unpaired) electrons. The predicted molar refractivity (Wildman–Crippen MR) is 42.7 cm³/mol. The molecule has 0 spiro atoms. The lowest BCUT2D eigenvalue weighted by molar-refractivity contribution is 1.42. The van der Waals surface area contributed by atoms with E-state index in [9.17, 15) is 0 Å². The summed E-state index contributed by atoms with van der Waals surface area (Å²) < 4.78 is 0. The largest absolute Gasteiger partial charge is 0.103 e. The molecule has 0 aliphatic heterocycles. The van der Waals surface area contributed by atoms with Gasteiger partial charge < -0.3 is 0 Å². The number of hydrogen-bond acceptors (Lipinski definition) is 0. The second-order valence-electron chi connectivity index (χ2n) is 2.91. The molecule has 0 nitrogen and oxygen atoms in total. The molecule has 0 aromatic heterocycles. The van der Waals surface area contributed by atoms with Crippen molar-refractivity contribution in [2.45, 2.75) is 25.2 Å². The van der Waals surface area contributed by atoms with Crippen LogP contribution >= 0.6 is 0 Å². The van der Waals surface area contributed by atoms with Crippen molar-refractivity contribution >= 4 is 8.07 Å². The van der Waals surface area contributed by atoms with Crippen molar-refractivity contribution < 1.29 is 0 Å². The van der Waals surface area contributed by atoms with Crippen molar-refractivity contribution in [3.05, 3.63) is 19.6 Å². The fourth-order valence-electron chi connectivity index (χ4n) is 0.493. The van der Waals surface area contributed by atoms with Crippen LogP contribution < -0.4 is 0 Å². The van der Waals surface area contributed by atoms with E-state index in [-0.39, 0.29) is 0 Å². The molecule has 0 aromatic rings. The van der Waals surface area contributed by atoms with E-state index in [4.69, 9.17) is 0 Å². The van der Waals surface area contributed by atoms with E-state index in [1.54, 1.807) is 0 Å². The molecule has 0 atom stereocenters. The fraction of sp³-hybridized carbons (Fsp3) is 0.571. The van der Waals surface area contributed by atoms with Crippen LogP contribution in [0.15, 0.2) is 12.7 Å². The van der Waals surface area contributed by atoms with Crippen LogP contribution in [0, 0.1) is 6.92 Å². The molecule has 0 heterocycles. The van der Waals surface area contributed by atoms with Gasteiger partial charge in [-0.25, -0.2) is 0 Å². The highest BCUT2D eigenvalue weighted by Gasteiger charge is 2.14. The average molecular weight is 127 g/mol. The lowest BCUT2D eigenvalue weighted by Gasteiger charge is -2.16. The van der Waals surface area contributed by atoms with E-state index in [0.29, 0.717) is 0 Å². The van der Waals surface area contributed by atoms with Gasteiger partial charge in [-0.05, 0) is 6.04 Å². The first-order valence-electron chi connectivity index (χ1n) is 3.02. The molecular weight excluding hydrogens is 112 g/mol. The minimum Gasteiger partial charge on any atom is -0.103 e. The topological polar surface area (TPSA) is 0 Å². The smallest absolute Gasteiger partial charge is 0.0511 e. The van der Waals surface area contributed by atoms with Gasteiger partial charge in [-0.1, -0.05) is 32.1 Å². The Labute approximate surface area is 53.6 Å². The van der Waals surface area contributed by atoms with E-state index in [1.165, 1.54) is 6.04 Å². The summed E-state index contributed by atoms with van der Waals surface area (Å²) in [5.74, 6) is 0. The van der Waals surface area contributed by atoms with E-state index in [1.807, 2.05) is 6.08 Å². The summed E-state index contributed by atoms with van der Waals surface area (Å²) in [4.78, 5) is 0. The summed E-state index contributed by atoms with van der Waals surface area (Å²) in [6.07, 6.45) is 2.01. The van der Waals surface area contributed by atoms with Gasteiger partial charge in [-0.3, -0.25) is 0 Å². The summed E-state index contributed by atoms with van der Waals surface area (Å²) >= 11 is 0. The first-order chi connectivity index (χ1) is 3.62. The van der Waals surface area contributed by atoms with E-state index < -0.39 is 8.07 Å².